The molecule has 0 aliphatic heterocycles. The SMILES string of the molecule is Cc1cccc(COc2cccc(C=O)c2)c1. The van der Waals surface area contributed by atoms with Crippen LogP contribution in [0.25, 0.3) is 0 Å². The fourth-order valence-electron chi connectivity index (χ4n) is 1.65. The van der Waals surface area contributed by atoms with Crippen molar-refractivity contribution in [3.63, 3.8) is 0 Å². The first-order chi connectivity index (χ1) is 8.28. The van der Waals surface area contributed by atoms with Gasteiger partial charge in [-0.15, -0.1) is 0 Å². The molecule has 17 heavy (non-hydrogen) atoms. The second kappa shape index (κ2) is 5.30. The van der Waals surface area contributed by atoms with E-state index >= 15 is 0 Å². The van der Waals surface area contributed by atoms with Crippen LogP contribution >= 0.6 is 0 Å². The molecule has 0 spiro atoms. The molecule has 0 aliphatic carbocycles. The first-order valence-electron chi connectivity index (χ1n) is 5.51. The van der Waals surface area contributed by atoms with Crippen molar-refractivity contribution in [3.05, 3.63) is 65.2 Å². The average molecular weight is 226 g/mol. The summed E-state index contributed by atoms with van der Waals surface area (Å²) in [6.45, 7) is 2.57. The molecule has 0 atom stereocenters. The third-order valence-electron chi connectivity index (χ3n) is 2.48. The van der Waals surface area contributed by atoms with Crippen molar-refractivity contribution in [2.75, 3.05) is 0 Å². The molecule has 2 aromatic carbocycles. The lowest BCUT2D eigenvalue weighted by atomic mass is 10.1. The van der Waals surface area contributed by atoms with Crippen LogP contribution in [0.4, 0.5) is 0 Å². The van der Waals surface area contributed by atoms with Crippen LogP contribution in [-0.4, -0.2) is 6.29 Å². The Morgan fingerprint density at radius 2 is 1.94 bits per heavy atom. The van der Waals surface area contributed by atoms with Gasteiger partial charge in [0.05, 0.1) is 0 Å². The lowest BCUT2D eigenvalue weighted by molar-refractivity contribution is 0.112. The summed E-state index contributed by atoms with van der Waals surface area (Å²) in [6, 6.07) is 15.3. The van der Waals surface area contributed by atoms with Gasteiger partial charge < -0.3 is 4.74 Å². The van der Waals surface area contributed by atoms with Gasteiger partial charge in [-0.3, -0.25) is 4.79 Å². The van der Waals surface area contributed by atoms with Gasteiger partial charge in [0.2, 0.25) is 0 Å². The molecule has 0 heterocycles. The zero-order chi connectivity index (χ0) is 12.1. The number of carbonyl (C=O) groups is 1. The molecule has 0 saturated heterocycles. The van der Waals surface area contributed by atoms with E-state index < -0.39 is 0 Å². The minimum absolute atomic E-state index is 0.518. The molecule has 0 fully saturated rings. The van der Waals surface area contributed by atoms with Gasteiger partial charge >= 0.3 is 0 Å². The molecular formula is C15H14O2. The highest BCUT2D eigenvalue weighted by molar-refractivity contribution is 5.75. The Morgan fingerprint density at radius 1 is 1.12 bits per heavy atom. The number of aryl methyl sites for hydroxylation is 1. The van der Waals surface area contributed by atoms with Gasteiger partial charge in [-0.2, -0.15) is 0 Å². The monoisotopic (exact) mass is 226 g/mol. The summed E-state index contributed by atoms with van der Waals surface area (Å²) in [5, 5.41) is 0. The van der Waals surface area contributed by atoms with Gasteiger partial charge in [-0.05, 0) is 24.6 Å². The highest BCUT2D eigenvalue weighted by Gasteiger charge is 1.97. The van der Waals surface area contributed by atoms with Gasteiger partial charge in [0.25, 0.3) is 0 Å². The lowest BCUT2D eigenvalue weighted by Gasteiger charge is -2.07. The summed E-state index contributed by atoms with van der Waals surface area (Å²) in [7, 11) is 0. The quantitative estimate of drug-likeness (QED) is 0.747. The number of hydrogen-bond donors (Lipinski definition) is 0. The average Bonchev–Trinajstić information content (AvgIpc) is 2.37. The fraction of sp³-hybridized carbons (Fsp3) is 0.133. The predicted molar refractivity (Wildman–Crippen MR) is 67.3 cm³/mol. The van der Waals surface area contributed by atoms with Crippen LogP contribution in [0, 0.1) is 6.92 Å². The van der Waals surface area contributed by atoms with E-state index in [4.69, 9.17) is 4.74 Å². The molecule has 0 N–H and O–H groups in total. The zero-order valence-corrected chi connectivity index (χ0v) is 9.72. The Labute approximate surface area is 101 Å². The number of aldehydes is 1. The van der Waals surface area contributed by atoms with Crippen molar-refractivity contribution in [2.24, 2.45) is 0 Å². The first kappa shape index (κ1) is 11.4. The minimum atomic E-state index is 0.518. The summed E-state index contributed by atoms with van der Waals surface area (Å²) < 4.78 is 5.63. The second-order valence-corrected chi connectivity index (χ2v) is 3.97. The summed E-state index contributed by atoms with van der Waals surface area (Å²) in [4.78, 5) is 10.6. The molecule has 2 nitrogen and oxygen atoms in total. The number of hydrogen-bond acceptors (Lipinski definition) is 2. The minimum Gasteiger partial charge on any atom is -0.489 e. The maximum absolute atomic E-state index is 10.6. The molecule has 0 aliphatic rings. The molecular weight excluding hydrogens is 212 g/mol. The summed E-state index contributed by atoms with van der Waals surface area (Å²) in [5.74, 6) is 0.719. The van der Waals surface area contributed by atoms with E-state index in [0.717, 1.165) is 17.6 Å². The Kier molecular flexibility index (Phi) is 3.55. The highest BCUT2D eigenvalue weighted by Crippen LogP contribution is 2.14. The second-order valence-electron chi connectivity index (χ2n) is 3.97. The van der Waals surface area contributed by atoms with Crippen molar-refractivity contribution in [3.8, 4) is 5.75 Å². The molecule has 0 unspecified atom stereocenters. The molecule has 0 amide bonds. The molecule has 0 radical (unpaired) electrons. The largest absolute Gasteiger partial charge is 0.489 e. The van der Waals surface area contributed by atoms with E-state index in [-0.39, 0.29) is 0 Å². The van der Waals surface area contributed by atoms with Crippen LogP contribution in [0.15, 0.2) is 48.5 Å². The van der Waals surface area contributed by atoms with Crippen LogP contribution in [0.1, 0.15) is 21.5 Å². The zero-order valence-electron chi connectivity index (χ0n) is 9.72. The maximum atomic E-state index is 10.6. The molecule has 86 valence electrons. The van der Waals surface area contributed by atoms with Gasteiger partial charge in [-0.25, -0.2) is 0 Å². The fourth-order valence-corrected chi connectivity index (χ4v) is 1.65. The van der Waals surface area contributed by atoms with E-state index in [9.17, 15) is 4.79 Å². The summed E-state index contributed by atoms with van der Waals surface area (Å²) >= 11 is 0. The third kappa shape index (κ3) is 3.18. The molecule has 0 saturated carbocycles. The first-order valence-corrected chi connectivity index (χ1v) is 5.51. The Morgan fingerprint density at radius 3 is 2.71 bits per heavy atom. The molecule has 2 aromatic rings. The van der Waals surface area contributed by atoms with Crippen LogP contribution in [-0.2, 0) is 6.61 Å². The lowest BCUT2D eigenvalue weighted by Crippen LogP contribution is -1.96. The highest BCUT2D eigenvalue weighted by atomic mass is 16.5. The Hall–Kier alpha value is -2.09. The van der Waals surface area contributed by atoms with Gasteiger partial charge in [0, 0.05) is 5.56 Å². The van der Waals surface area contributed by atoms with E-state index in [0.29, 0.717) is 12.2 Å². The number of benzene rings is 2. The Bertz CT molecular complexity index is 518. The van der Waals surface area contributed by atoms with E-state index in [2.05, 4.69) is 19.1 Å². The van der Waals surface area contributed by atoms with E-state index in [1.807, 2.05) is 24.3 Å². The molecule has 2 rings (SSSR count). The van der Waals surface area contributed by atoms with Crippen LogP contribution < -0.4 is 4.74 Å². The van der Waals surface area contributed by atoms with Gasteiger partial charge in [0.1, 0.15) is 18.6 Å². The molecule has 0 aromatic heterocycles. The van der Waals surface area contributed by atoms with E-state index in [1.165, 1.54) is 5.56 Å². The maximum Gasteiger partial charge on any atom is 0.150 e. The summed E-state index contributed by atoms with van der Waals surface area (Å²) in [6.07, 6.45) is 0.819. The summed E-state index contributed by atoms with van der Waals surface area (Å²) in [5.41, 5.74) is 2.97. The van der Waals surface area contributed by atoms with Crippen molar-refractivity contribution >= 4 is 6.29 Å². The van der Waals surface area contributed by atoms with Crippen molar-refractivity contribution in [2.45, 2.75) is 13.5 Å². The van der Waals surface area contributed by atoms with Crippen LogP contribution in [0.5, 0.6) is 5.75 Å². The Balaban J connectivity index is 2.04. The van der Waals surface area contributed by atoms with Crippen molar-refractivity contribution in [1.29, 1.82) is 0 Å². The molecule has 2 heteroatoms. The standard InChI is InChI=1S/C15H14O2/c1-12-4-2-6-14(8-12)11-17-15-7-3-5-13(9-15)10-16/h2-10H,11H2,1H3. The third-order valence-corrected chi connectivity index (χ3v) is 2.48. The van der Waals surface area contributed by atoms with Gasteiger partial charge in [-0.1, -0.05) is 42.0 Å². The number of ether oxygens (including phenoxy) is 1. The predicted octanol–water partition coefficient (Wildman–Crippen LogP) is 3.39. The number of carbonyl (C=O) groups excluding carboxylic acids is 1. The van der Waals surface area contributed by atoms with Crippen LogP contribution in [0.2, 0.25) is 0 Å². The van der Waals surface area contributed by atoms with Crippen molar-refractivity contribution < 1.29 is 9.53 Å². The topological polar surface area (TPSA) is 26.3 Å². The molecule has 0 bridgehead atoms. The number of rotatable bonds is 4. The van der Waals surface area contributed by atoms with Crippen LogP contribution in [0.3, 0.4) is 0 Å². The van der Waals surface area contributed by atoms with E-state index in [1.54, 1.807) is 12.1 Å². The van der Waals surface area contributed by atoms with Gasteiger partial charge in [0.15, 0.2) is 0 Å². The smallest absolute Gasteiger partial charge is 0.150 e. The van der Waals surface area contributed by atoms with Crippen molar-refractivity contribution in [1.82, 2.24) is 0 Å². The normalized spacial score (nSPS) is 9.94.